The van der Waals surface area contributed by atoms with E-state index in [2.05, 4.69) is 38.1 Å². The number of hydrogen-bond donors (Lipinski definition) is 0. The summed E-state index contributed by atoms with van der Waals surface area (Å²) in [6, 6.07) is 0. The van der Waals surface area contributed by atoms with Gasteiger partial charge < -0.3 is 4.90 Å². The molecule has 108 valence electrons. The predicted molar refractivity (Wildman–Crippen MR) is 74.2 cm³/mol. The van der Waals surface area contributed by atoms with E-state index in [1.54, 1.807) is 7.05 Å². The van der Waals surface area contributed by atoms with Gasteiger partial charge in [-0.05, 0) is 28.9 Å². The molecule has 1 saturated heterocycles. The van der Waals surface area contributed by atoms with Crippen molar-refractivity contribution in [3.8, 4) is 0 Å². The second-order valence-electron chi connectivity index (χ2n) is 4.55. The van der Waals surface area contributed by atoms with Gasteiger partial charge in [-0.3, -0.25) is 0 Å². The van der Waals surface area contributed by atoms with E-state index in [1.165, 1.54) is 8.99 Å². The van der Waals surface area contributed by atoms with Gasteiger partial charge in [0.2, 0.25) is 5.03 Å². The number of hydrogen-bond acceptors (Lipinski definition) is 5. The molecule has 19 heavy (non-hydrogen) atoms. The van der Waals surface area contributed by atoms with Crippen LogP contribution in [-0.4, -0.2) is 65.3 Å². The summed E-state index contributed by atoms with van der Waals surface area (Å²) in [6.45, 7) is 5.72. The molecule has 1 aromatic rings. The van der Waals surface area contributed by atoms with Crippen LogP contribution in [0.2, 0.25) is 0 Å². The van der Waals surface area contributed by atoms with Crippen molar-refractivity contribution < 1.29 is 8.42 Å². The van der Waals surface area contributed by atoms with Crippen LogP contribution in [0.15, 0.2) is 9.63 Å². The van der Waals surface area contributed by atoms with Gasteiger partial charge in [0.05, 0.1) is 0 Å². The minimum Gasteiger partial charge on any atom is -0.301 e. The number of rotatable bonds is 4. The first kappa shape index (κ1) is 14.9. The summed E-state index contributed by atoms with van der Waals surface area (Å²) in [6.07, 6.45) is 1.09. The molecule has 0 saturated carbocycles. The zero-order chi connectivity index (χ0) is 14.0. The van der Waals surface area contributed by atoms with Gasteiger partial charge in [-0.25, -0.2) is 13.1 Å². The monoisotopic (exact) mass is 351 g/mol. The molecule has 0 N–H and O–H groups in total. The summed E-state index contributed by atoms with van der Waals surface area (Å²) in [5.74, 6) is 0. The normalized spacial score (nSPS) is 18.9. The first-order chi connectivity index (χ1) is 8.96. The van der Waals surface area contributed by atoms with E-state index in [0.29, 0.717) is 13.1 Å². The summed E-state index contributed by atoms with van der Waals surface area (Å²) in [4.78, 5) is 2.28. The second-order valence-corrected chi connectivity index (χ2v) is 7.16. The molecule has 1 aromatic heterocycles. The highest BCUT2D eigenvalue weighted by Crippen LogP contribution is 2.23. The Morgan fingerprint density at radius 1 is 1.26 bits per heavy atom. The van der Waals surface area contributed by atoms with Crippen molar-refractivity contribution in [1.82, 2.24) is 24.2 Å². The molecule has 1 fully saturated rings. The van der Waals surface area contributed by atoms with Gasteiger partial charge in [-0.15, -0.1) is 5.10 Å². The molecule has 9 heteroatoms. The highest BCUT2D eigenvalue weighted by Gasteiger charge is 2.33. The van der Waals surface area contributed by atoms with Crippen LogP contribution >= 0.6 is 15.9 Å². The van der Waals surface area contributed by atoms with Crippen LogP contribution in [0.4, 0.5) is 0 Å². The van der Waals surface area contributed by atoms with Gasteiger partial charge in [-0.1, -0.05) is 12.1 Å². The molecule has 0 radical (unpaired) electrons. The lowest BCUT2D eigenvalue weighted by Gasteiger charge is -2.33. The summed E-state index contributed by atoms with van der Waals surface area (Å²) < 4.78 is 28.1. The number of sulfonamides is 1. The molecule has 0 spiro atoms. The lowest BCUT2D eigenvalue weighted by atomic mass is 10.3. The van der Waals surface area contributed by atoms with E-state index < -0.39 is 10.0 Å². The summed E-state index contributed by atoms with van der Waals surface area (Å²) >= 11 is 3.15. The number of halogens is 1. The lowest BCUT2D eigenvalue weighted by Crippen LogP contribution is -2.49. The Hall–Kier alpha value is -0.510. The Morgan fingerprint density at radius 3 is 2.37 bits per heavy atom. The summed E-state index contributed by atoms with van der Waals surface area (Å²) in [7, 11) is -1.94. The summed E-state index contributed by atoms with van der Waals surface area (Å²) in [5.41, 5.74) is 0. The van der Waals surface area contributed by atoms with E-state index in [0.717, 1.165) is 26.1 Å². The third kappa shape index (κ3) is 2.99. The van der Waals surface area contributed by atoms with Crippen molar-refractivity contribution in [1.29, 1.82) is 0 Å². The first-order valence-corrected chi connectivity index (χ1v) is 8.47. The average Bonchev–Trinajstić information content (AvgIpc) is 2.70. The van der Waals surface area contributed by atoms with Gasteiger partial charge in [-0.2, -0.15) is 4.31 Å². The quantitative estimate of drug-likeness (QED) is 0.779. The highest BCUT2D eigenvalue weighted by molar-refractivity contribution is 9.10. The van der Waals surface area contributed by atoms with Crippen LogP contribution in [-0.2, 0) is 17.1 Å². The van der Waals surface area contributed by atoms with Gasteiger partial charge >= 0.3 is 0 Å². The molecule has 1 aliphatic rings. The zero-order valence-corrected chi connectivity index (χ0v) is 13.5. The fourth-order valence-electron chi connectivity index (χ4n) is 2.23. The van der Waals surface area contributed by atoms with Crippen molar-refractivity contribution >= 4 is 26.0 Å². The van der Waals surface area contributed by atoms with Crippen LogP contribution in [0.25, 0.3) is 0 Å². The van der Waals surface area contributed by atoms with E-state index in [1.807, 2.05) is 0 Å². The van der Waals surface area contributed by atoms with Crippen molar-refractivity contribution in [2.24, 2.45) is 7.05 Å². The number of nitrogens with zero attached hydrogens (tertiary/aromatic N) is 5. The molecule has 2 heterocycles. The predicted octanol–water partition coefficient (Wildman–Crippen LogP) is 0.294. The van der Waals surface area contributed by atoms with Gasteiger partial charge in [0.1, 0.15) is 0 Å². The minimum absolute atomic E-state index is 0.122. The Kier molecular flexibility index (Phi) is 4.59. The number of aromatic nitrogens is 3. The van der Waals surface area contributed by atoms with Crippen LogP contribution in [0.5, 0.6) is 0 Å². The van der Waals surface area contributed by atoms with E-state index >= 15 is 0 Å². The third-order valence-electron chi connectivity index (χ3n) is 3.19. The Balaban J connectivity index is 2.15. The smallest absolute Gasteiger partial charge is 0.263 e. The maximum atomic E-state index is 12.5. The fourth-order valence-corrected chi connectivity index (χ4v) is 4.68. The first-order valence-electron chi connectivity index (χ1n) is 6.24. The van der Waals surface area contributed by atoms with Crippen molar-refractivity contribution in [3.05, 3.63) is 4.60 Å². The number of piperazine rings is 1. The van der Waals surface area contributed by atoms with Crippen LogP contribution in [0.1, 0.15) is 13.3 Å². The fraction of sp³-hybridized carbons (Fsp3) is 0.800. The average molecular weight is 352 g/mol. The number of aryl methyl sites for hydroxylation is 1. The van der Waals surface area contributed by atoms with Gasteiger partial charge in [0.25, 0.3) is 10.0 Å². The molecule has 0 bridgehead atoms. The second kappa shape index (κ2) is 5.86. The van der Waals surface area contributed by atoms with Crippen molar-refractivity contribution in [2.75, 3.05) is 32.7 Å². The maximum Gasteiger partial charge on any atom is 0.263 e. The standard InChI is InChI=1S/C10H18BrN5O2S/c1-3-4-15-5-7-16(8-6-15)19(17,18)10-9(11)12-13-14(10)2/h3-8H2,1-2H3. The molecule has 2 rings (SSSR count). The molecule has 1 aliphatic heterocycles. The molecule has 0 aromatic carbocycles. The Labute approximate surface area is 121 Å². The van der Waals surface area contributed by atoms with Crippen LogP contribution in [0.3, 0.4) is 0 Å². The lowest BCUT2D eigenvalue weighted by molar-refractivity contribution is 0.188. The van der Waals surface area contributed by atoms with Crippen molar-refractivity contribution in [3.63, 3.8) is 0 Å². The maximum absolute atomic E-state index is 12.5. The molecular formula is C10H18BrN5O2S. The van der Waals surface area contributed by atoms with Gasteiger partial charge in [0, 0.05) is 33.2 Å². The van der Waals surface area contributed by atoms with Crippen LogP contribution in [0, 0.1) is 0 Å². The molecule has 0 atom stereocenters. The Morgan fingerprint density at radius 2 is 1.89 bits per heavy atom. The highest BCUT2D eigenvalue weighted by atomic mass is 79.9. The molecular weight excluding hydrogens is 334 g/mol. The third-order valence-corrected chi connectivity index (χ3v) is 5.98. The van der Waals surface area contributed by atoms with E-state index in [-0.39, 0.29) is 9.63 Å². The largest absolute Gasteiger partial charge is 0.301 e. The molecule has 0 aliphatic carbocycles. The topological polar surface area (TPSA) is 71.3 Å². The van der Waals surface area contributed by atoms with Gasteiger partial charge in [0.15, 0.2) is 4.60 Å². The summed E-state index contributed by atoms with van der Waals surface area (Å²) in [5, 5.41) is 7.58. The molecule has 0 amide bonds. The molecule has 0 unspecified atom stereocenters. The van der Waals surface area contributed by atoms with E-state index in [9.17, 15) is 8.42 Å². The minimum atomic E-state index is -3.52. The Bertz CT molecular complexity index is 517. The van der Waals surface area contributed by atoms with Crippen LogP contribution < -0.4 is 0 Å². The molecule has 7 nitrogen and oxygen atoms in total. The zero-order valence-electron chi connectivity index (χ0n) is 11.1. The van der Waals surface area contributed by atoms with E-state index in [4.69, 9.17) is 0 Å². The van der Waals surface area contributed by atoms with Crippen molar-refractivity contribution in [2.45, 2.75) is 18.4 Å². The SMILES string of the molecule is CCCN1CCN(S(=O)(=O)c2c(Br)nnn2C)CC1.